The van der Waals surface area contributed by atoms with Gasteiger partial charge in [-0.25, -0.2) is 4.79 Å². The van der Waals surface area contributed by atoms with Crippen molar-refractivity contribution in [3.05, 3.63) is 60.2 Å². The average molecular weight is 407 g/mol. The van der Waals surface area contributed by atoms with Gasteiger partial charge in [0.2, 0.25) is 0 Å². The van der Waals surface area contributed by atoms with E-state index < -0.39 is 0 Å². The molecule has 1 aliphatic heterocycles. The first kappa shape index (κ1) is 20.7. The molecule has 0 aromatic heterocycles. The fourth-order valence-corrected chi connectivity index (χ4v) is 4.36. The molecule has 0 spiro atoms. The molecule has 1 N–H and O–H groups in total. The molecule has 1 aliphatic carbocycles. The third-order valence-electron chi connectivity index (χ3n) is 6.56. The fraction of sp³-hybridized carbons (Fsp3) is 0.480. The first-order chi connectivity index (χ1) is 14.7. The molecular formula is C25H34N4O. The van der Waals surface area contributed by atoms with E-state index in [1.165, 1.54) is 18.4 Å². The number of urea groups is 1. The molecule has 30 heavy (non-hydrogen) atoms. The number of anilines is 2. The lowest BCUT2D eigenvalue weighted by Gasteiger charge is -2.37. The number of para-hydroxylation sites is 2. The van der Waals surface area contributed by atoms with E-state index in [2.05, 4.69) is 53.2 Å². The Bertz CT molecular complexity index is 828. The van der Waals surface area contributed by atoms with Gasteiger partial charge in [-0.15, -0.1) is 0 Å². The Kier molecular flexibility index (Phi) is 6.58. The summed E-state index contributed by atoms with van der Waals surface area (Å²) in [6.07, 6.45) is 2.44. The van der Waals surface area contributed by atoms with Crippen LogP contribution in [0.25, 0.3) is 0 Å². The molecule has 0 radical (unpaired) electrons. The minimum Gasteiger partial charge on any atom is -0.367 e. The monoisotopic (exact) mass is 406 g/mol. The standard InChI is InChI=1S/C25H34N4O/c1-3-27-15-17-28(18-16-27)24-12-8-7-11-23(24)26-25(30)29(20(2)22-13-14-22)19-21-9-5-4-6-10-21/h4-12,20,22H,3,13-19H2,1-2H3,(H,26,30). The minimum atomic E-state index is -0.00195. The number of benzene rings is 2. The van der Waals surface area contributed by atoms with Gasteiger partial charge in [0.05, 0.1) is 11.4 Å². The zero-order valence-electron chi connectivity index (χ0n) is 18.3. The number of rotatable bonds is 7. The third kappa shape index (κ3) is 4.96. The quantitative estimate of drug-likeness (QED) is 0.727. The Hall–Kier alpha value is -2.53. The number of nitrogens with zero attached hydrogens (tertiary/aromatic N) is 3. The predicted octanol–water partition coefficient (Wildman–Crippen LogP) is 4.66. The molecule has 0 bridgehead atoms. The highest BCUT2D eigenvalue weighted by atomic mass is 16.2. The van der Waals surface area contributed by atoms with Crippen molar-refractivity contribution in [2.45, 2.75) is 39.3 Å². The number of nitrogens with one attached hydrogen (secondary N) is 1. The maximum absolute atomic E-state index is 13.4. The molecule has 160 valence electrons. The number of hydrogen-bond donors (Lipinski definition) is 1. The zero-order chi connectivity index (χ0) is 20.9. The van der Waals surface area contributed by atoms with Crippen LogP contribution in [-0.2, 0) is 6.54 Å². The predicted molar refractivity (Wildman–Crippen MR) is 124 cm³/mol. The summed E-state index contributed by atoms with van der Waals surface area (Å²) in [5, 5.41) is 3.25. The third-order valence-corrected chi connectivity index (χ3v) is 6.56. The Labute approximate surface area is 180 Å². The van der Waals surface area contributed by atoms with Gasteiger partial charge in [-0.2, -0.15) is 0 Å². The summed E-state index contributed by atoms with van der Waals surface area (Å²) in [6.45, 7) is 10.3. The maximum atomic E-state index is 13.4. The molecule has 2 fully saturated rings. The lowest BCUT2D eigenvalue weighted by molar-refractivity contribution is 0.181. The van der Waals surface area contributed by atoms with Gasteiger partial charge in [0.1, 0.15) is 0 Å². The van der Waals surface area contributed by atoms with Crippen molar-refractivity contribution in [3.63, 3.8) is 0 Å². The van der Waals surface area contributed by atoms with Crippen LogP contribution in [0.15, 0.2) is 54.6 Å². The molecule has 2 aromatic rings. The largest absolute Gasteiger partial charge is 0.367 e. The molecule has 2 aliphatic rings. The number of piperazine rings is 1. The van der Waals surface area contributed by atoms with Gasteiger partial charge in [0.15, 0.2) is 0 Å². The van der Waals surface area contributed by atoms with E-state index in [9.17, 15) is 4.79 Å². The van der Waals surface area contributed by atoms with Crippen molar-refractivity contribution >= 4 is 17.4 Å². The van der Waals surface area contributed by atoms with Gasteiger partial charge in [-0.05, 0) is 49.9 Å². The second-order valence-corrected chi connectivity index (χ2v) is 8.56. The van der Waals surface area contributed by atoms with Crippen LogP contribution in [0.2, 0.25) is 0 Å². The normalized spacial score (nSPS) is 18.1. The summed E-state index contributed by atoms with van der Waals surface area (Å²) in [7, 11) is 0. The van der Waals surface area contributed by atoms with Crippen molar-refractivity contribution in [2.75, 3.05) is 42.9 Å². The van der Waals surface area contributed by atoms with Gasteiger partial charge < -0.3 is 20.0 Å². The van der Waals surface area contributed by atoms with E-state index in [-0.39, 0.29) is 12.1 Å². The summed E-state index contributed by atoms with van der Waals surface area (Å²) in [5.41, 5.74) is 3.21. The second-order valence-electron chi connectivity index (χ2n) is 8.56. The second kappa shape index (κ2) is 9.52. The number of carbonyl (C=O) groups excluding carboxylic acids is 1. The molecule has 5 heteroatoms. The molecule has 2 aromatic carbocycles. The molecule has 1 atom stereocenters. The molecule has 5 nitrogen and oxygen atoms in total. The first-order valence-electron chi connectivity index (χ1n) is 11.3. The van der Waals surface area contributed by atoms with Gasteiger partial charge in [0.25, 0.3) is 0 Å². The molecule has 4 rings (SSSR count). The zero-order valence-corrected chi connectivity index (χ0v) is 18.3. The Balaban J connectivity index is 1.50. The Morgan fingerprint density at radius 1 is 1.03 bits per heavy atom. The molecule has 1 saturated heterocycles. The van der Waals surface area contributed by atoms with E-state index in [0.29, 0.717) is 12.5 Å². The van der Waals surface area contributed by atoms with Gasteiger partial charge in [0, 0.05) is 38.8 Å². The van der Waals surface area contributed by atoms with Crippen LogP contribution >= 0.6 is 0 Å². The first-order valence-corrected chi connectivity index (χ1v) is 11.3. The van der Waals surface area contributed by atoms with Crippen molar-refractivity contribution in [1.82, 2.24) is 9.80 Å². The van der Waals surface area contributed by atoms with Crippen LogP contribution in [0.1, 0.15) is 32.3 Å². The van der Waals surface area contributed by atoms with Crippen molar-refractivity contribution < 1.29 is 4.79 Å². The fourth-order valence-electron chi connectivity index (χ4n) is 4.36. The van der Waals surface area contributed by atoms with Crippen LogP contribution < -0.4 is 10.2 Å². The highest BCUT2D eigenvalue weighted by molar-refractivity contribution is 5.93. The molecule has 1 unspecified atom stereocenters. The van der Waals surface area contributed by atoms with E-state index in [4.69, 9.17) is 0 Å². The number of amides is 2. The molecule has 1 heterocycles. The molecule has 2 amide bonds. The molecule has 1 saturated carbocycles. The summed E-state index contributed by atoms with van der Waals surface area (Å²) < 4.78 is 0. The van der Waals surface area contributed by atoms with Crippen LogP contribution in [0.4, 0.5) is 16.2 Å². The highest BCUT2D eigenvalue weighted by Gasteiger charge is 2.34. The topological polar surface area (TPSA) is 38.8 Å². The van der Waals surface area contributed by atoms with Gasteiger partial charge in [-0.3, -0.25) is 0 Å². The van der Waals surface area contributed by atoms with Crippen LogP contribution in [0, 0.1) is 5.92 Å². The molecular weight excluding hydrogens is 372 g/mol. The summed E-state index contributed by atoms with van der Waals surface area (Å²) in [4.78, 5) is 20.3. The van der Waals surface area contributed by atoms with Crippen LogP contribution in [0.5, 0.6) is 0 Å². The van der Waals surface area contributed by atoms with E-state index >= 15 is 0 Å². The van der Waals surface area contributed by atoms with Gasteiger partial charge >= 0.3 is 6.03 Å². The van der Waals surface area contributed by atoms with E-state index in [1.54, 1.807) is 0 Å². The lowest BCUT2D eigenvalue weighted by atomic mass is 10.1. The number of carbonyl (C=O) groups is 1. The smallest absolute Gasteiger partial charge is 0.322 e. The highest BCUT2D eigenvalue weighted by Crippen LogP contribution is 2.36. The summed E-state index contributed by atoms with van der Waals surface area (Å²) in [5.74, 6) is 0.622. The minimum absolute atomic E-state index is 0.00195. The Morgan fingerprint density at radius 3 is 2.37 bits per heavy atom. The van der Waals surface area contributed by atoms with Crippen molar-refractivity contribution in [3.8, 4) is 0 Å². The van der Waals surface area contributed by atoms with E-state index in [0.717, 1.165) is 44.1 Å². The summed E-state index contributed by atoms with van der Waals surface area (Å²) in [6, 6.07) is 18.8. The average Bonchev–Trinajstić information content (AvgIpc) is 3.64. The van der Waals surface area contributed by atoms with Gasteiger partial charge in [-0.1, -0.05) is 49.4 Å². The van der Waals surface area contributed by atoms with Crippen molar-refractivity contribution in [1.29, 1.82) is 0 Å². The van der Waals surface area contributed by atoms with E-state index in [1.807, 2.05) is 35.2 Å². The Morgan fingerprint density at radius 2 is 1.70 bits per heavy atom. The SMILES string of the molecule is CCN1CCN(c2ccccc2NC(=O)N(Cc2ccccc2)C(C)C2CC2)CC1. The maximum Gasteiger partial charge on any atom is 0.322 e. The summed E-state index contributed by atoms with van der Waals surface area (Å²) >= 11 is 0. The van der Waals surface area contributed by atoms with Crippen LogP contribution in [-0.4, -0.2) is 54.6 Å². The lowest BCUT2D eigenvalue weighted by Crippen LogP contribution is -2.46. The number of likely N-dealkylation sites (N-methyl/N-ethyl adjacent to an activating group) is 1. The van der Waals surface area contributed by atoms with Crippen molar-refractivity contribution in [2.24, 2.45) is 5.92 Å². The number of hydrogen-bond acceptors (Lipinski definition) is 3. The van der Waals surface area contributed by atoms with Crippen LogP contribution in [0.3, 0.4) is 0 Å².